The fourth-order valence-corrected chi connectivity index (χ4v) is 3.84. The average molecular weight is 423 g/mol. The number of hydrogen-bond donors (Lipinski definition) is 1. The van der Waals surface area contributed by atoms with E-state index in [1.54, 1.807) is 13.2 Å². The van der Waals surface area contributed by atoms with Gasteiger partial charge in [-0.1, -0.05) is 41.6 Å². The van der Waals surface area contributed by atoms with E-state index in [4.69, 9.17) is 0 Å². The molecule has 0 unspecified atom stereocenters. The molecule has 0 radical (unpaired) electrons. The average Bonchev–Trinajstić information content (AvgIpc) is 3.18. The predicted molar refractivity (Wildman–Crippen MR) is 121 cm³/mol. The number of imidazole rings is 1. The number of nitrogens with zero attached hydrogens (tertiary/aromatic N) is 3. The number of nitrogens with one attached hydrogen (secondary N) is 1. The smallest absolute Gasteiger partial charge is 0.243 e. The number of anilines is 1. The number of aromatic nitrogens is 2. The second-order valence-electron chi connectivity index (χ2n) is 7.32. The normalized spacial score (nSPS) is 10.7. The van der Waals surface area contributed by atoms with E-state index in [1.807, 2.05) is 48.9 Å². The zero-order chi connectivity index (χ0) is 21.7. The molecule has 0 aliphatic rings. The number of rotatable bonds is 7. The monoisotopic (exact) mass is 422 g/mol. The Bertz CT molecular complexity index is 1040. The molecule has 0 saturated heterocycles. The van der Waals surface area contributed by atoms with Crippen LogP contribution >= 0.6 is 11.8 Å². The third-order valence-corrected chi connectivity index (χ3v) is 5.65. The van der Waals surface area contributed by atoms with Crippen LogP contribution in [0.1, 0.15) is 16.7 Å². The Morgan fingerprint density at radius 1 is 1.07 bits per heavy atom. The summed E-state index contributed by atoms with van der Waals surface area (Å²) < 4.78 is 1.99. The summed E-state index contributed by atoms with van der Waals surface area (Å²) in [6.07, 6.45) is 3.63. The first-order valence-corrected chi connectivity index (χ1v) is 10.7. The molecule has 0 spiro atoms. The summed E-state index contributed by atoms with van der Waals surface area (Å²) in [4.78, 5) is 30.6. The molecule has 3 rings (SSSR count). The molecule has 3 aromatic rings. The summed E-state index contributed by atoms with van der Waals surface area (Å²) >= 11 is 1.36. The lowest BCUT2D eigenvalue weighted by molar-refractivity contribution is -0.131. The van der Waals surface area contributed by atoms with Gasteiger partial charge in [-0.25, -0.2) is 4.98 Å². The van der Waals surface area contributed by atoms with Crippen LogP contribution in [-0.2, 0) is 9.59 Å². The molecule has 156 valence electrons. The molecule has 1 heterocycles. The Kier molecular flexibility index (Phi) is 6.95. The van der Waals surface area contributed by atoms with Crippen molar-refractivity contribution in [3.8, 4) is 5.69 Å². The number of hydrogen-bond acceptors (Lipinski definition) is 4. The van der Waals surface area contributed by atoms with Gasteiger partial charge in [-0.05, 0) is 50.1 Å². The highest BCUT2D eigenvalue weighted by Gasteiger charge is 2.16. The number of aryl methyl sites for hydroxylation is 3. The second-order valence-corrected chi connectivity index (χ2v) is 8.26. The summed E-state index contributed by atoms with van der Waals surface area (Å²) in [5.74, 6) is -0.151. The first-order chi connectivity index (χ1) is 14.3. The van der Waals surface area contributed by atoms with Crippen molar-refractivity contribution < 1.29 is 9.59 Å². The van der Waals surface area contributed by atoms with Gasteiger partial charge in [0.1, 0.15) is 0 Å². The van der Waals surface area contributed by atoms with Crippen LogP contribution in [0.15, 0.2) is 60.0 Å². The molecule has 0 aliphatic carbocycles. The van der Waals surface area contributed by atoms with Gasteiger partial charge in [-0.2, -0.15) is 0 Å². The van der Waals surface area contributed by atoms with Crippen LogP contribution in [0.2, 0.25) is 0 Å². The SMILES string of the molecule is Cc1ccc(NC(=O)CN(C)C(=O)CSc2nccn2-c2cc(C)ccc2C)cc1. The molecule has 2 amide bonds. The summed E-state index contributed by atoms with van der Waals surface area (Å²) in [6, 6.07) is 13.8. The quantitative estimate of drug-likeness (QED) is 0.585. The Labute approximate surface area is 181 Å². The number of thioether (sulfide) groups is 1. The Balaban J connectivity index is 1.57. The molecule has 0 fully saturated rings. The Morgan fingerprint density at radius 2 is 1.77 bits per heavy atom. The summed E-state index contributed by atoms with van der Waals surface area (Å²) in [7, 11) is 1.63. The van der Waals surface area contributed by atoms with E-state index in [0.29, 0.717) is 0 Å². The zero-order valence-corrected chi connectivity index (χ0v) is 18.5. The van der Waals surface area contributed by atoms with Gasteiger partial charge in [0.2, 0.25) is 11.8 Å². The lowest BCUT2D eigenvalue weighted by atomic mass is 10.1. The van der Waals surface area contributed by atoms with E-state index < -0.39 is 0 Å². The van der Waals surface area contributed by atoms with Crippen LogP contribution in [-0.4, -0.2) is 45.6 Å². The van der Waals surface area contributed by atoms with Gasteiger partial charge in [0.25, 0.3) is 0 Å². The Morgan fingerprint density at radius 3 is 2.50 bits per heavy atom. The minimum atomic E-state index is -0.225. The van der Waals surface area contributed by atoms with Crippen LogP contribution in [0, 0.1) is 20.8 Å². The van der Waals surface area contributed by atoms with Gasteiger partial charge in [0.15, 0.2) is 5.16 Å². The van der Waals surface area contributed by atoms with Crippen LogP contribution in [0.25, 0.3) is 5.69 Å². The third-order valence-electron chi connectivity index (χ3n) is 4.70. The molecule has 6 nitrogen and oxygen atoms in total. The lowest BCUT2D eigenvalue weighted by Gasteiger charge is -2.17. The predicted octanol–water partition coefficient (Wildman–Crippen LogP) is 3.99. The molecule has 1 N–H and O–H groups in total. The second kappa shape index (κ2) is 9.63. The molecule has 2 aromatic carbocycles. The molecule has 1 aromatic heterocycles. The molecule has 0 atom stereocenters. The van der Waals surface area contributed by atoms with Crippen molar-refractivity contribution in [1.29, 1.82) is 0 Å². The number of benzene rings is 2. The van der Waals surface area contributed by atoms with Gasteiger partial charge >= 0.3 is 0 Å². The zero-order valence-electron chi connectivity index (χ0n) is 17.7. The maximum atomic E-state index is 12.5. The summed E-state index contributed by atoms with van der Waals surface area (Å²) in [5, 5.41) is 3.56. The maximum absolute atomic E-state index is 12.5. The first kappa shape index (κ1) is 21.6. The van der Waals surface area contributed by atoms with Crippen LogP contribution in [0.3, 0.4) is 0 Å². The lowest BCUT2D eigenvalue weighted by Crippen LogP contribution is -2.36. The number of amides is 2. The van der Waals surface area contributed by atoms with Crippen molar-refractivity contribution in [3.05, 3.63) is 71.5 Å². The molecule has 0 aliphatic heterocycles. The van der Waals surface area contributed by atoms with E-state index in [9.17, 15) is 9.59 Å². The van der Waals surface area contributed by atoms with Crippen LogP contribution in [0.4, 0.5) is 5.69 Å². The highest BCUT2D eigenvalue weighted by molar-refractivity contribution is 7.99. The highest BCUT2D eigenvalue weighted by Crippen LogP contribution is 2.23. The van der Waals surface area contributed by atoms with E-state index >= 15 is 0 Å². The molecule has 30 heavy (non-hydrogen) atoms. The van der Waals surface area contributed by atoms with Crippen molar-refractivity contribution in [2.75, 3.05) is 24.7 Å². The van der Waals surface area contributed by atoms with Crippen molar-refractivity contribution >= 4 is 29.3 Å². The summed E-state index contributed by atoms with van der Waals surface area (Å²) in [5.41, 5.74) is 5.19. The van der Waals surface area contributed by atoms with Crippen molar-refractivity contribution in [1.82, 2.24) is 14.5 Å². The van der Waals surface area contributed by atoms with Crippen LogP contribution < -0.4 is 5.32 Å². The summed E-state index contributed by atoms with van der Waals surface area (Å²) in [6.45, 7) is 6.08. The maximum Gasteiger partial charge on any atom is 0.243 e. The van der Waals surface area contributed by atoms with Crippen molar-refractivity contribution in [2.45, 2.75) is 25.9 Å². The molecule has 0 saturated carbocycles. The number of carbonyl (C=O) groups is 2. The van der Waals surface area contributed by atoms with Gasteiger partial charge in [0.05, 0.1) is 18.0 Å². The largest absolute Gasteiger partial charge is 0.336 e. The topological polar surface area (TPSA) is 67.2 Å². The number of likely N-dealkylation sites (N-methyl/N-ethyl adjacent to an activating group) is 1. The van der Waals surface area contributed by atoms with Gasteiger partial charge in [-0.3, -0.25) is 14.2 Å². The third kappa shape index (κ3) is 5.51. The van der Waals surface area contributed by atoms with E-state index in [0.717, 1.165) is 33.2 Å². The van der Waals surface area contributed by atoms with E-state index in [1.165, 1.54) is 16.7 Å². The fourth-order valence-electron chi connectivity index (χ4n) is 2.94. The fraction of sp³-hybridized carbons (Fsp3) is 0.261. The van der Waals surface area contributed by atoms with E-state index in [2.05, 4.69) is 35.4 Å². The molecule has 0 bridgehead atoms. The van der Waals surface area contributed by atoms with Crippen molar-refractivity contribution in [3.63, 3.8) is 0 Å². The molecular formula is C23H26N4O2S. The van der Waals surface area contributed by atoms with E-state index in [-0.39, 0.29) is 24.1 Å². The molecule has 7 heteroatoms. The minimum Gasteiger partial charge on any atom is -0.336 e. The van der Waals surface area contributed by atoms with Gasteiger partial charge in [0, 0.05) is 25.1 Å². The standard InChI is InChI=1S/C23H26N4O2S/c1-16-6-9-19(10-7-16)25-21(28)14-26(4)22(29)15-30-23-24-11-12-27(23)20-13-17(2)5-8-18(20)3/h5-13H,14-15H2,1-4H3,(H,25,28). The minimum absolute atomic E-state index is 0.00129. The number of carbonyl (C=O) groups excluding carboxylic acids is 2. The Hall–Kier alpha value is -3.06. The van der Waals surface area contributed by atoms with Gasteiger partial charge in [-0.15, -0.1) is 0 Å². The van der Waals surface area contributed by atoms with Gasteiger partial charge < -0.3 is 10.2 Å². The first-order valence-electron chi connectivity index (χ1n) is 9.68. The van der Waals surface area contributed by atoms with Crippen molar-refractivity contribution in [2.24, 2.45) is 0 Å². The molecular weight excluding hydrogens is 396 g/mol. The van der Waals surface area contributed by atoms with Crippen LogP contribution in [0.5, 0.6) is 0 Å². The highest BCUT2D eigenvalue weighted by atomic mass is 32.2.